The molecule has 4 nitrogen and oxygen atoms in total. The standard InChI is InChI=1S/C7H6O4S.ClH/c8-6(9)5(7(10)11)4-1-2-12-3-4;/h1-3,5H,(H,8,9)(H,10,11);1H. The average Bonchev–Trinajstić information content (AvgIpc) is 2.37. The Bertz CT molecular complexity index is 281. The highest BCUT2D eigenvalue weighted by molar-refractivity contribution is 7.08. The van der Waals surface area contributed by atoms with Gasteiger partial charge >= 0.3 is 11.9 Å². The van der Waals surface area contributed by atoms with E-state index in [0.29, 0.717) is 5.56 Å². The van der Waals surface area contributed by atoms with Gasteiger partial charge in [-0.2, -0.15) is 11.3 Å². The molecule has 0 aliphatic rings. The van der Waals surface area contributed by atoms with E-state index in [1.807, 2.05) is 0 Å². The first-order valence-corrected chi connectivity index (χ1v) is 4.05. The van der Waals surface area contributed by atoms with E-state index in [1.165, 1.54) is 22.8 Å². The summed E-state index contributed by atoms with van der Waals surface area (Å²) in [7, 11) is 0. The second kappa shape index (κ2) is 4.84. The maximum absolute atomic E-state index is 10.5. The molecule has 0 unspecified atom stereocenters. The number of carbonyl (C=O) groups is 2. The van der Waals surface area contributed by atoms with Crippen molar-refractivity contribution in [2.75, 3.05) is 0 Å². The molecule has 0 aromatic carbocycles. The van der Waals surface area contributed by atoms with E-state index in [1.54, 1.807) is 5.38 Å². The minimum Gasteiger partial charge on any atom is -0.480 e. The molecule has 0 amide bonds. The van der Waals surface area contributed by atoms with Crippen LogP contribution in [0.15, 0.2) is 16.8 Å². The van der Waals surface area contributed by atoms with Gasteiger partial charge in [-0.05, 0) is 22.4 Å². The lowest BCUT2D eigenvalue weighted by atomic mass is 10.0. The molecule has 0 fully saturated rings. The molecule has 0 bridgehead atoms. The van der Waals surface area contributed by atoms with Crippen LogP contribution in [0, 0.1) is 0 Å². The van der Waals surface area contributed by atoms with Crippen molar-refractivity contribution in [3.8, 4) is 0 Å². The predicted molar refractivity (Wildman–Crippen MR) is 49.6 cm³/mol. The lowest BCUT2D eigenvalue weighted by molar-refractivity contribution is -0.150. The van der Waals surface area contributed by atoms with Gasteiger partial charge in [-0.15, -0.1) is 12.4 Å². The van der Waals surface area contributed by atoms with Crippen molar-refractivity contribution >= 4 is 35.7 Å². The predicted octanol–water partition coefficient (Wildman–Crippen LogP) is 1.42. The lowest BCUT2D eigenvalue weighted by Gasteiger charge is -2.02. The number of hydrogen-bond donors (Lipinski definition) is 2. The van der Waals surface area contributed by atoms with Gasteiger partial charge in [-0.1, -0.05) is 0 Å². The Labute approximate surface area is 84.2 Å². The van der Waals surface area contributed by atoms with Crippen LogP contribution in [0.3, 0.4) is 0 Å². The van der Waals surface area contributed by atoms with Gasteiger partial charge in [0.25, 0.3) is 0 Å². The van der Waals surface area contributed by atoms with Crippen LogP contribution in [0.5, 0.6) is 0 Å². The lowest BCUT2D eigenvalue weighted by Crippen LogP contribution is -2.20. The summed E-state index contributed by atoms with van der Waals surface area (Å²) in [6.45, 7) is 0. The number of halogens is 1. The molecule has 1 aromatic rings. The van der Waals surface area contributed by atoms with E-state index in [9.17, 15) is 9.59 Å². The molecule has 1 heterocycles. The summed E-state index contributed by atoms with van der Waals surface area (Å²) < 4.78 is 0. The Morgan fingerprint density at radius 3 is 2.15 bits per heavy atom. The fraction of sp³-hybridized carbons (Fsp3) is 0.143. The molecule has 0 saturated heterocycles. The normalized spacial score (nSPS) is 9.31. The smallest absolute Gasteiger partial charge is 0.322 e. The van der Waals surface area contributed by atoms with Crippen LogP contribution in [0.4, 0.5) is 0 Å². The van der Waals surface area contributed by atoms with Gasteiger partial charge in [-0.25, -0.2) is 0 Å². The number of carboxylic acid groups (broad SMARTS) is 2. The zero-order valence-electron chi connectivity index (χ0n) is 6.34. The Morgan fingerprint density at radius 2 is 1.85 bits per heavy atom. The van der Waals surface area contributed by atoms with Crippen LogP contribution in [0.25, 0.3) is 0 Å². The van der Waals surface area contributed by atoms with Gasteiger partial charge in [0.1, 0.15) is 0 Å². The van der Waals surface area contributed by atoms with Crippen molar-refractivity contribution in [2.24, 2.45) is 0 Å². The van der Waals surface area contributed by atoms with Crippen molar-refractivity contribution in [3.05, 3.63) is 22.4 Å². The molecule has 6 heteroatoms. The third kappa shape index (κ3) is 2.71. The van der Waals surface area contributed by atoms with Crippen LogP contribution < -0.4 is 0 Å². The van der Waals surface area contributed by atoms with E-state index in [0.717, 1.165) is 0 Å². The first kappa shape index (κ1) is 11.9. The quantitative estimate of drug-likeness (QED) is 0.759. The molecule has 13 heavy (non-hydrogen) atoms. The Morgan fingerprint density at radius 1 is 1.31 bits per heavy atom. The first-order chi connectivity index (χ1) is 5.63. The summed E-state index contributed by atoms with van der Waals surface area (Å²) in [6, 6.07) is 1.50. The van der Waals surface area contributed by atoms with Crippen molar-refractivity contribution in [3.63, 3.8) is 0 Å². The molecule has 0 aliphatic carbocycles. The van der Waals surface area contributed by atoms with Crippen LogP contribution in [0.1, 0.15) is 11.5 Å². The second-order valence-electron chi connectivity index (χ2n) is 2.17. The summed E-state index contributed by atoms with van der Waals surface area (Å²) in [5, 5.41) is 20.2. The third-order valence-electron chi connectivity index (χ3n) is 1.37. The fourth-order valence-electron chi connectivity index (χ4n) is 0.830. The Kier molecular flexibility index (Phi) is 4.44. The summed E-state index contributed by atoms with van der Waals surface area (Å²) in [6.07, 6.45) is 0. The maximum Gasteiger partial charge on any atom is 0.322 e. The molecular weight excluding hydrogens is 216 g/mol. The Balaban J connectivity index is 0.00000144. The van der Waals surface area contributed by atoms with E-state index in [-0.39, 0.29) is 12.4 Å². The van der Waals surface area contributed by atoms with E-state index < -0.39 is 17.9 Å². The average molecular weight is 223 g/mol. The second-order valence-corrected chi connectivity index (χ2v) is 2.95. The van der Waals surface area contributed by atoms with Crippen LogP contribution in [-0.2, 0) is 9.59 Å². The fourth-order valence-corrected chi connectivity index (χ4v) is 1.52. The first-order valence-electron chi connectivity index (χ1n) is 3.10. The molecule has 0 spiro atoms. The summed E-state index contributed by atoms with van der Waals surface area (Å²) in [5.41, 5.74) is 0.319. The number of carboxylic acids is 2. The largest absolute Gasteiger partial charge is 0.480 e. The van der Waals surface area contributed by atoms with Crippen molar-refractivity contribution < 1.29 is 19.8 Å². The van der Waals surface area contributed by atoms with Crippen LogP contribution in [0.2, 0.25) is 0 Å². The van der Waals surface area contributed by atoms with E-state index in [4.69, 9.17) is 10.2 Å². The molecule has 72 valence electrons. The topological polar surface area (TPSA) is 74.6 Å². The molecular formula is C7H7ClO4S. The van der Waals surface area contributed by atoms with E-state index >= 15 is 0 Å². The SMILES string of the molecule is Cl.O=C(O)C(C(=O)O)c1ccsc1. The molecule has 1 aromatic heterocycles. The van der Waals surface area contributed by atoms with Gasteiger partial charge in [0.15, 0.2) is 5.92 Å². The third-order valence-corrected chi connectivity index (χ3v) is 2.07. The zero-order valence-corrected chi connectivity index (χ0v) is 7.97. The van der Waals surface area contributed by atoms with Gasteiger partial charge in [0.05, 0.1) is 0 Å². The van der Waals surface area contributed by atoms with Gasteiger partial charge in [0, 0.05) is 0 Å². The van der Waals surface area contributed by atoms with Crippen molar-refractivity contribution in [2.45, 2.75) is 5.92 Å². The zero-order chi connectivity index (χ0) is 9.14. The summed E-state index contributed by atoms with van der Waals surface area (Å²) in [4.78, 5) is 20.9. The number of aliphatic carboxylic acids is 2. The van der Waals surface area contributed by atoms with Crippen LogP contribution in [-0.4, -0.2) is 22.2 Å². The van der Waals surface area contributed by atoms with E-state index in [2.05, 4.69) is 0 Å². The van der Waals surface area contributed by atoms with Crippen LogP contribution >= 0.6 is 23.7 Å². The molecule has 0 saturated carbocycles. The van der Waals surface area contributed by atoms with Gasteiger partial charge in [-0.3, -0.25) is 9.59 Å². The highest BCUT2D eigenvalue weighted by Gasteiger charge is 2.27. The molecule has 0 radical (unpaired) electrons. The number of rotatable bonds is 3. The highest BCUT2D eigenvalue weighted by Crippen LogP contribution is 2.18. The maximum atomic E-state index is 10.5. The molecule has 0 aliphatic heterocycles. The number of thiophene rings is 1. The monoisotopic (exact) mass is 222 g/mol. The minimum absolute atomic E-state index is 0. The van der Waals surface area contributed by atoms with Gasteiger partial charge < -0.3 is 10.2 Å². The minimum atomic E-state index is -1.43. The molecule has 2 N–H and O–H groups in total. The van der Waals surface area contributed by atoms with Crippen molar-refractivity contribution in [1.82, 2.24) is 0 Å². The van der Waals surface area contributed by atoms with Crippen molar-refractivity contribution in [1.29, 1.82) is 0 Å². The highest BCUT2D eigenvalue weighted by atomic mass is 35.5. The van der Waals surface area contributed by atoms with Gasteiger partial charge in [0.2, 0.25) is 0 Å². The Hall–Kier alpha value is -1.07. The number of hydrogen-bond acceptors (Lipinski definition) is 3. The molecule has 0 atom stereocenters. The summed E-state index contributed by atoms with van der Waals surface area (Å²) in [5.74, 6) is -4.10. The summed E-state index contributed by atoms with van der Waals surface area (Å²) >= 11 is 1.28. The molecule has 1 rings (SSSR count).